The zero-order valence-corrected chi connectivity index (χ0v) is 8.63. The molecule has 2 nitrogen and oxygen atoms in total. The van der Waals surface area contributed by atoms with Gasteiger partial charge >= 0.3 is 0 Å². The number of amides is 1. The third kappa shape index (κ3) is 2.46. The summed E-state index contributed by atoms with van der Waals surface area (Å²) in [6, 6.07) is 5.69. The Morgan fingerprint density at radius 1 is 1.43 bits per heavy atom. The van der Waals surface area contributed by atoms with Crippen molar-refractivity contribution in [2.24, 2.45) is 0 Å². The van der Waals surface area contributed by atoms with Gasteiger partial charge in [-0.05, 0) is 37.1 Å². The number of carbonyl (C=O) groups is 1. The zero-order chi connectivity index (χ0) is 10.6. The highest BCUT2D eigenvalue weighted by atomic mass is 16.1. The lowest BCUT2D eigenvalue weighted by Gasteiger charge is -2.05. The lowest BCUT2D eigenvalue weighted by molar-refractivity contribution is 0.0958. The monoisotopic (exact) mass is 189 g/mol. The van der Waals surface area contributed by atoms with Gasteiger partial charge in [0.1, 0.15) is 0 Å². The van der Waals surface area contributed by atoms with Crippen LogP contribution < -0.4 is 5.32 Å². The maximum atomic E-state index is 11.5. The normalized spacial score (nSPS) is 9.57. The van der Waals surface area contributed by atoms with Gasteiger partial charge in [-0.15, -0.1) is 6.58 Å². The molecule has 0 saturated carbocycles. The molecule has 1 rings (SSSR count). The number of nitrogens with one attached hydrogen (secondary N) is 1. The van der Waals surface area contributed by atoms with Crippen molar-refractivity contribution >= 4 is 5.91 Å². The predicted molar refractivity (Wildman–Crippen MR) is 58.4 cm³/mol. The number of hydrogen-bond donors (Lipinski definition) is 1. The Morgan fingerprint density at radius 3 is 2.71 bits per heavy atom. The maximum Gasteiger partial charge on any atom is 0.251 e. The van der Waals surface area contributed by atoms with Gasteiger partial charge in [0.15, 0.2) is 0 Å². The van der Waals surface area contributed by atoms with Crippen molar-refractivity contribution in [3.63, 3.8) is 0 Å². The molecule has 0 aromatic heterocycles. The molecular formula is C12H15NO. The van der Waals surface area contributed by atoms with Crippen molar-refractivity contribution in [1.82, 2.24) is 5.32 Å². The van der Waals surface area contributed by atoms with Crippen molar-refractivity contribution in [1.29, 1.82) is 0 Å². The summed E-state index contributed by atoms with van der Waals surface area (Å²) in [7, 11) is 0. The molecule has 1 aromatic carbocycles. The van der Waals surface area contributed by atoms with Gasteiger partial charge in [-0.1, -0.05) is 12.1 Å². The van der Waals surface area contributed by atoms with E-state index in [4.69, 9.17) is 0 Å². The van der Waals surface area contributed by atoms with Gasteiger partial charge < -0.3 is 5.32 Å². The van der Waals surface area contributed by atoms with Crippen LogP contribution in [-0.4, -0.2) is 12.5 Å². The number of carbonyl (C=O) groups excluding carboxylic acids is 1. The SMILES string of the molecule is C=CCNC(=O)c1ccc(C)c(C)c1. The van der Waals surface area contributed by atoms with E-state index in [1.54, 1.807) is 6.08 Å². The van der Waals surface area contributed by atoms with Crippen molar-refractivity contribution in [2.75, 3.05) is 6.54 Å². The molecule has 1 aromatic rings. The second-order valence-corrected chi connectivity index (χ2v) is 3.30. The van der Waals surface area contributed by atoms with Crippen LogP contribution in [0.3, 0.4) is 0 Å². The van der Waals surface area contributed by atoms with E-state index < -0.39 is 0 Å². The minimum atomic E-state index is -0.0481. The summed E-state index contributed by atoms with van der Waals surface area (Å²) in [4.78, 5) is 11.5. The highest BCUT2D eigenvalue weighted by molar-refractivity contribution is 5.94. The van der Waals surface area contributed by atoms with Crippen LogP contribution >= 0.6 is 0 Å². The Hall–Kier alpha value is -1.57. The summed E-state index contributed by atoms with van der Waals surface area (Å²) in [5, 5.41) is 2.74. The molecule has 0 fully saturated rings. The molecule has 14 heavy (non-hydrogen) atoms. The summed E-state index contributed by atoms with van der Waals surface area (Å²) in [5.74, 6) is -0.0481. The van der Waals surface area contributed by atoms with Crippen LogP contribution in [-0.2, 0) is 0 Å². The molecule has 1 amide bonds. The Balaban J connectivity index is 2.80. The second-order valence-electron chi connectivity index (χ2n) is 3.30. The first kappa shape index (κ1) is 10.5. The molecular weight excluding hydrogens is 174 g/mol. The van der Waals surface area contributed by atoms with Crippen molar-refractivity contribution in [2.45, 2.75) is 13.8 Å². The minimum absolute atomic E-state index is 0.0481. The van der Waals surface area contributed by atoms with Crippen molar-refractivity contribution in [3.8, 4) is 0 Å². The quantitative estimate of drug-likeness (QED) is 0.726. The molecule has 0 radical (unpaired) electrons. The molecule has 1 N–H and O–H groups in total. The molecule has 2 heteroatoms. The third-order valence-electron chi connectivity index (χ3n) is 2.18. The average Bonchev–Trinajstić information content (AvgIpc) is 2.18. The lowest BCUT2D eigenvalue weighted by atomic mass is 10.1. The summed E-state index contributed by atoms with van der Waals surface area (Å²) >= 11 is 0. The van der Waals surface area contributed by atoms with Gasteiger partial charge in [0, 0.05) is 12.1 Å². The van der Waals surface area contributed by atoms with Crippen LogP contribution in [0.15, 0.2) is 30.9 Å². The summed E-state index contributed by atoms with van der Waals surface area (Å²) in [6.07, 6.45) is 1.67. The molecule has 0 saturated heterocycles. The first-order chi connectivity index (χ1) is 6.65. The Labute approximate surface area is 84.6 Å². The molecule has 0 aliphatic heterocycles. The van der Waals surface area contributed by atoms with Gasteiger partial charge in [-0.25, -0.2) is 0 Å². The van der Waals surface area contributed by atoms with Gasteiger partial charge in [0.2, 0.25) is 0 Å². The van der Waals surface area contributed by atoms with Crippen LogP contribution in [0.4, 0.5) is 0 Å². The van der Waals surface area contributed by atoms with Crippen LogP contribution in [0.25, 0.3) is 0 Å². The fourth-order valence-electron chi connectivity index (χ4n) is 1.15. The maximum absolute atomic E-state index is 11.5. The van der Waals surface area contributed by atoms with Gasteiger partial charge in [0.25, 0.3) is 5.91 Å². The Kier molecular flexibility index (Phi) is 3.46. The largest absolute Gasteiger partial charge is 0.349 e. The number of benzene rings is 1. The molecule has 0 heterocycles. The fraction of sp³-hybridized carbons (Fsp3) is 0.250. The highest BCUT2D eigenvalue weighted by Crippen LogP contribution is 2.09. The molecule has 0 spiro atoms. The summed E-state index contributed by atoms with van der Waals surface area (Å²) in [5.41, 5.74) is 3.04. The number of aryl methyl sites for hydroxylation is 2. The number of rotatable bonds is 3. The van der Waals surface area contributed by atoms with E-state index in [1.165, 1.54) is 5.56 Å². The standard InChI is InChI=1S/C12H15NO/c1-4-7-13-12(14)11-6-5-9(2)10(3)8-11/h4-6,8H,1,7H2,2-3H3,(H,13,14). The van der Waals surface area contributed by atoms with Gasteiger partial charge in [-0.3, -0.25) is 4.79 Å². The van der Waals surface area contributed by atoms with Crippen LogP contribution in [0.1, 0.15) is 21.5 Å². The van der Waals surface area contributed by atoms with E-state index in [1.807, 2.05) is 32.0 Å². The van der Waals surface area contributed by atoms with E-state index >= 15 is 0 Å². The van der Waals surface area contributed by atoms with Crippen molar-refractivity contribution < 1.29 is 4.79 Å². The van der Waals surface area contributed by atoms with E-state index in [0.717, 1.165) is 5.56 Å². The smallest absolute Gasteiger partial charge is 0.251 e. The first-order valence-electron chi connectivity index (χ1n) is 4.61. The summed E-state index contributed by atoms with van der Waals surface area (Å²) in [6.45, 7) is 8.08. The topological polar surface area (TPSA) is 29.1 Å². The van der Waals surface area contributed by atoms with Crippen LogP contribution in [0.5, 0.6) is 0 Å². The molecule has 74 valence electrons. The second kappa shape index (κ2) is 4.61. The van der Waals surface area contributed by atoms with E-state index in [0.29, 0.717) is 12.1 Å². The Morgan fingerprint density at radius 2 is 2.14 bits per heavy atom. The Bertz CT molecular complexity index is 355. The average molecular weight is 189 g/mol. The highest BCUT2D eigenvalue weighted by Gasteiger charge is 2.04. The van der Waals surface area contributed by atoms with Crippen LogP contribution in [0.2, 0.25) is 0 Å². The van der Waals surface area contributed by atoms with E-state index in [-0.39, 0.29) is 5.91 Å². The minimum Gasteiger partial charge on any atom is -0.349 e. The predicted octanol–water partition coefficient (Wildman–Crippen LogP) is 2.22. The molecule has 0 unspecified atom stereocenters. The lowest BCUT2D eigenvalue weighted by Crippen LogP contribution is -2.23. The third-order valence-corrected chi connectivity index (χ3v) is 2.18. The summed E-state index contributed by atoms with van der Waals surface area (Å²) < 4.78 is 0. The van der Waals surface area contributed by atoms with Crippen molar-refractivity contribution in [3.05, 3.63) is 47.5 Å². The fourth-order valence-corrected chi connectivity index (χ4v) is 1.15. The molecule has 0 atom stereocenters. The molecule has 0 bridgehead atoms. The number of hydrogen-bond acceptors (Lipinski definition) is 1. The molecule has 0 aliphatic rings. The zero-order valence-electron chi connectivity index (χ0n) is 8.63. The molecule has 0 aliphatic carbocycles. The van der Waals surface area contributed by atoms with Crippen LogP contribution in [0, 0.1) is 13.8 Å². The van der Waals surface area contributed by atoms with Gasteiger partial charge in [0.05, 0.1) is 0 Å². The van der Waals surface area contributed by atoms with Gasteiger partial charge in [-0.2, -0.15) is 0 Å². The first-order valence-corrected chi connectivity index (χ1v) is 4.61. The van der Waals surface area contributed by atoms with E-state index in [2.05, 4.69) is 11.9 Å². The van der Waals surface area contributed by atoms with E-state index in [9.17, 15) is 4.79 Å².